The lowest BCUT2D eigenvalue weighted by atomic mass is 9.73. The van der Waals surface area contributed by atoms with Crippen LogP contribution in [0.3, 0.4) is 0 Å². The van der Waals surface area contributed by atoms with Gasteiger partial charge in [-0.1, -0.05) is 79.6 Å². The highest BCUT2D eigenvalue weighted by Crippen LogP contribution is 2.88. The van der Waals surface area contributed by atoms with Crippen molar-refractivity contribution >= 4 is 29.5 Å². The van der Waals surface area contributed by atoms with Crippen LogP contribution in [0.1, 0.15) is 132 Å². The number of urea groups is 1. The summed E-state index contributed by atoms with van der Waals surface area (Å²) >= 11 is 0. The van der Waals surface area contributed by atoms with Crippen molar-refractivity contribution in [2.24, 2.45) is 33.3 Å². The van der Waals surface area contributed by atoms with E-state index >= 15 is 0 Å². The number of ether oxygens (including phenoxy) is 1. The Morgan fingerprint density at radius 2 is 1.56 bits per heavy atom. The minimum atomic E-state index is -1.06. The molecule has 12 nitrogen and oxygen atoms in total. The first-order valence-corrected chi connectivity index (χ1v) is 20.1. The van der Waals surface area contributed by atoms with E-state index in [1.165, 1.54) is 0 Å². The van der Waals surface area contributed by atoms with Crippen LogP contribution in [0.25, 0.3) is 0 Å². The van der Waals surface area contributed by atoms with E-state index in [0.29, 0.717) is 39.1 Å². The zero-order valence-corrected chi connectivity index (χ0v) is 33.0. The number of amides is 5. The molecule has 0 aromatic rings. The molecule has 292 valence electrons. The first-order valence-electron chi connectivity index (χ1n) is 20.1. The van der Waals surface area contributed by atoms with E-state index in [0.717, 1.165) is 77.2 Å². The molecule has 4 saturated carbocycles. The molecule has 5 amide bonds. The average Bonchev–Trinajstić information content (AvgIpc) is 3.24. The minimum absolute atomic E-state index is 0.0601. The van der Waals surface area contributed by atoms with Crippen LogP contribution in [0, 0.1) is 27.6 Å². The first kappa shape index (κ1) is 39.0. The Bertz CT molecular complexity index is 1420. The Labute approximate surface area is 310 Å². The molecule has 4 atom stereocenters. The molecule has 2 spiro atoms. The predicted molar refractivity (Wildman–Crippen MR) is 198 cm³/mol. The second-order valence-corrected chi connectivity index (χ2v) is 19.7. The van der Waals surface area contributed by atoms with Gasteiger partial charge in [-0.05, 0) is 74.5 Å². The second kappa shape index (κ2) is 13.8. The third-order valence-corrected chi connectivity index (χ3v) is 15.0. The van der Waals surface area contributed by atoms with Crippen molar-refractivity contribution in [3.05, 3.63) is 0 Å². The number of nitrogens with one attached hydrogen (secondary N) is 3. The number of hydrogen-bond acceptors (Lipinski definition) is 7. The van der Waals surface area contributed by atoms with Gasteiger partial charge in [-0.25, -0.2) is 4.79 Å². The molecule has 0 radical (unpaired) electrons. The van der Waals surface area contributed by atoms with Gasteiger partial charge in [-0.3, -0.25) is 24.1 Å². The maximum atomic E-state index is 15.0. The van der Waals surface area contributed by atoms with Crippen molar-refractivity contribution in [3.63, 3.8) is 0 Å². The molecule has 0 aromatic heterocycles. The SMILES string of the molecule is CC(C)(C)[C@H](NC(=O)NC1(CN2CCOCC2(C)C)CCCCC1)C(=O)N1CC2(C[C@H]1C(=O)NC(CC1CCC1)C(=O)C(N)=O)C(C)(C)C21CCC1. The summed E-state index contributed by atoms with van der Waals surface area (Å²) in [5.41, 5.74) is 3.94. The standard InChI is InChI=1S/C40H66N6O6/c1-35(2,3)30(43-34(51)44-38(15-9-8-10-16-38)23-45-19-20-52-25-36(45,4)5)33(50)46-24-40(37(6,7)39(40)17-12-18-39)22-28(46)32(49)42-27(29(47)31(41)48)21-26-13-11-14-26/h26-28,30H,8-25H2,1-7H3,(H2,41,48)(H,42,49)(H2,43,44,51)/t27?,28-,30+,40?/m0/s1. The lowest BCUT2D eigenvalue weighted by Crippen LogP contribution is -2.66. The van der Waals surface area contributed by atoms with Crippen molar-refractivity contribution < 1.29 is 28.7 Å². The fourth-order valence-corrected chi connectivity index (χ4v) is 11.1. The molecule has 6 aliphatic rings. The van der Waals surface area contributed by atoms with Gasteiger partial charge in [0.25, 0.3) is 5.91 Å². The van der Waals surface area contributed by atoms with Gasteiger partial charge in [0.05, 0.1) is 24.8 Å². The van der Waals surface area contributed by atoms with Crippen LogP contribution in [0.5, 0.6) is 0 Å². The molecule has 2 heterocycles. The molecule has 6 fully saturated rings. The summed E-state index contributed by atoms with van der Waals surface area (Å²) in [6, 6.07) is -3.12. The molecule has 2 unspecified atom stereocenters. The van der Waals surface area contributed by atoms with E-state index in [1.807, 2.05) is 20.8 Å². The Kier molecular flexibility index (Phi) is 10.4. The van der Waals surface area contributed by atoms with Crippen molar-refractivity contribution in [2.75, 3.05) is 32.8 Å². The topological polar surface area (TPSA) is 163 Å². The zero-order chi connectivity index (χ0) is 37.9. The van der Waals surface area contributed by atoms with Crippen molar-refractivity contribution in [1.82, 2.24) is 25.8 Å². The number of rotatable bonds is 11. The number of ketones is 1. The molecule has 2 aliphatic heterocycles. The fraction of sp³-hybridized carbons (Fsp3) is 0.875. The number of morpholine rings is 1. The highest BCUT2D eigenvalue weighted by Gasteiger charge is 2.85. The van der Waals surface area contributed by atoms with Gasteiger partial charge in [-0.15, -0.1) is 0 Å². The number of primary amides is 1. The van der Waals surface area contributed by atoms with E-state index in [2.05, 4.69) is 48.5 Å². The highest BCUT2D eigenvalue weighted by atomic mass is 16.5. The summed E-state index contributed by atoms with van der Waals surface area (Å²) < 4.78 is 5.78. The number of likely N-dealkylation sites (tertiary alicyclic amines) is 1. The van der Waals surface area contributed by atoms with Gasteiger partial charge in [0.2, 0.25) is 17.6 Å². The third-order valence-electron chi connectivity index (χ3n) is 15.0. The molecule has 5 N–H and O–H groups in total. The molecular formula is C40H66N6O6. The number of carbonyl (C=O) groups excluding carboxylic acids is 5. The number of carbonyl (C=O) groups is 5. The van der Waals surface area contributed by atoms with Crippen LogP contribution in [0.15, 0.2) is 0 Å². The Balaban J connectivity index is 1.24. The van der Waals surface area contributed by atoms with Crippen molar-refractivity contribution in [2.45, 2.75) is 161 Å². The molecule has 12 heteroatoms. The molecule has 0 aromatic carbocycles. The van der Waals surface area contributed by atoms with E-state index in [9.17, 15) is 24.0 Å². The normalized spacial score (nSPS) is 30.1. The zero-order valence-electron chi connectivity index (χ0n) is 33.0. The Morgan fingerprint density at radius 1 is 0.885 bits per heavy atom. The Morgan fingerprint density at radius 3 is 2.08 bits per heavy atom. The van der Waals surface area contributed by atoms with Gasteiger partial charge < -0.3 is 31.3 Å². The molecule has 6 rings (SSSR count). The fourth-order valence-electron chi connectivity index (χ4n) is 11.1. The van der Waals surface area contributed by atoms with Crippen LogP contribution >= 0.6 is 0 Å². The second-order valence-electron chi connectivity index (χ2n) is 19.7. The van der Waals surface area contributed by atoms with Crippen molar-refractivity contribution in [1.29, 1.82) is 0 Å². The summed E-state index contributed by atoms with van der Waals surface area (Å²) in [5.74, 6) is -2.32. The lowest BCUT2D eigenvalue weighted by molar-refractivity contribution is -0.143. The van der Waals surface area contributed by atoms with E-state index in [1.54, 1.807) is 4.90 Å². The van der Waals surface area contributed by atoms with Crippen LogP contribution in [-0.4, -0.2) is 101 Å². The molecule has 52 heavy (non-hydrogen) atoms. The average molecular weight is 727 g/mol. The number of hydrogen-bond donors (Lipinski definition) is 4. The van der Waals surface area contributed by atoms with Gasteiger partial charge in [0, 0.05) is 30.6 Å². The van der Waals surface area contributed by atoms with E-state index < -0.39 is 46.7 Å². The van der Waals surface area contributed by atoms with Crippen molar-refractivity contribution in [3.8, 4) is 0 Å². The predicted octanol–water partition coefficient (Wildman–Crippen LogP) is 4.04. The summed E-state index contributed by atoms with van der Waals surface area (Å²) in [6.07, 6.45) is 12.0. The summed E-state index contributed by atoms with van der Waals surface area (Å²) in [7, 11) is 0. The molecule has 0 bridgehead atoms. The third kappa shape index (κ3) is 6.77. The first-order chi connectivity index (χ1) is 24.3. The summed E-state index contributed by atoms with van der Waals surface area (Å²) in [6.45, 7) is 17.9. The minimum Gasteiger partial charge on any atom is -0.378 e. The summed E-state index contributed by atoms with van der Waals surface area (Å²) in [5, 5.41) is 9.42. The van der Waals surface area contributed by atoms with Gasteiger partial charge in [-0.2, -0.15) is 0 Å². The van der Waals surface area contributed by atoms with Crippen LogP contribution < -0.4 is 21.7 Å². The number of Topliss-reactive ketones (excluding diaryl/α,β-unsaturated/α-hetero) is 1. The number of nitrogens with two attached hydrogens (primary N) is 1. The molecule has 4 aliphatic carbocycles. The quantitative estimate of drug-likeness (QED) is 0.234. The highest BCUT2D eigenvalue weighted by molar-refractivity contribution is 6.37. The number of nitrogens with zero attached hydrogens (tertiary/aromatic N) is 2. The van der Waals surface area contributed by atoms with Crippen LogP contribution in [-0.2, 0) is 23.9 Å². The maximum absolute atomic E-state index is 15.0. The van der Waals surface area contributed by atoms with E-state index in [-0.39, 0.29) is 39.6 Å². The molecular weight excluding hydrogens is 660 g/mol. The van der Waals surface area contributed by atoms with Crippen LogP contribution in [0.2, 0.25) is 0 Å². The van der Waals surface area contributed by atoms with Gasteiger partial charge in [0.15, 0.2) is 0 Å². The smallest absolute Gasteiger partial charge is 0.315 e. The summed E-state index contributed by atoms with van der Waals surface area (Å²) in [4.78, 5) is 72.6. The van der Waals surface area contributed by atoms with Crippen LogP contribution in [0.4, 0.5) is 4.79 Å². The Hall–Kier alpha value is -2.73. The van der Waals surface area contributed by atoms with Gasteiger partial charge >= 0.3 is 6.03 Å². The largest absolute Gasteiger partial charge is 0.378 e. The lowest BCUT2D eigenvalue weighted by Gasteiger charge is -2.49. The number of fused-ring (bicyclic) bond motifs is 1. The van der Waals surface area contributed by atoms with E-state index in [4.69, 9.17) is 10.5 Å². The monoisotopic (exact) mass is 727 g/mol. The van der Waals surface area contributed by atoms with Gasteiger partial charge in [0.1, 0.15) is 12.1 Å². The maximum Gasteiger partial charge on any atom is 0.315 e. The molecule has 2 saturated heterocycles.